The molecular formula is C18H23ClIN3O. The number of rotatable bonds is 6. The van der Waals surface area contributed by atoms with Crippen LogP contribution in [0.2, 0.25) is 5.02 Å². The van der Waals surface area contributed by atoms with Crippen LogP contribution in [0, 0.1) is 0 Å². The second kappa shape index (κ2) is 11.1. The SMILES string of the molecule is CCNC(=NCc1cccc(Cl)c1)NCc1cccc(OC)c1.I. The van der Waals surface area contributed by atoms with E-state index in [0.717, 1.165) is 34.4 Å². The molecule has 0 aromatic heterocycles. The highest BCUT2D eigenvalue weighted by molar-refractivity contribution is 14.0. The van der Waals surface area contributed by atoms with E-state index in [2.05, 4.69) is 21.7 Å². The van der Waals surface area contributed by atoms with Gasteiger partial charge in [-0.25, -0.2) is 4.99 Å². The fourth-order valence-corrected chi connectivity index (χ4v) is 2.33. The van der Waals surface area contributed by atoms with Crippen LogP contribution >= 0.6 is 35.6 Å². The van der Waals surface area contributed by atoms with Crippen LogP contribution in [0.1, 0.15) is 18.1 Å². The van der Waals surface area contributed by atoms with Gasteiger partial charge in [-0.2, -0.15) is 0 Å². The number of hydrogen-bond donors (Lipinski definition) is 2. The number of nitrogens with one attached hydrogen (secondary N) is 2. The third-order valence-electron chi connectivity index (χ3n) is 3.25. The molecule has 24 heavy (non-hydrogen) atoms. The Balaban J connectivity index is 0.00000288. The van der Waals surface area contributed by atoms with Crippen molar-refractivity contribution in [3.8, 4) is 5.75 Å². The van der Waals surface area contributed by atoms with Crippen molar-refractivity contribution in [2.75, 3.05) is 13.7 Å². The number of halogens is 2. The summed E-state index contributed by atoms with van der Waals surface area (Å²) in [6.45, 7) is 4.11. The lowest BCUT2D eigenvalue weighted by atomic mass is 10.2. The monoisotopic (exact) mass is 459 g/mol. The molecule has 0 spiro atoms. The smallest absolute Gasteiger partial charge is 0.191 e. The maximum Gasteiger partial charge on any atom is 0.191 e. The zero-order valence-electron chi connectivity index (χ0n) is 13.9. The molecule has 0 saturated heterocycles. The maximum absolute atomic E-state index is 6.00. The van der Waals surface area contributed by atoms with Gasteiger partial charge in [0.1, 0.15) is 5.75 Å². The summed E-state index contributed by atoms with van der Waals surface area (Å²) in [5, 5.41) is 7.29. The first-order valence-electron chi connectivity index (χ1n) is 7.61. The van der Waals surface area contributed by atoms with Gasteiger partial charge in [0.25, 0.3) is 0 Å². The van der Waals surface area contributed by atoms with Gasteiger partial charge in [-0.1, -0.05) is 35.9 Å². The fourth-order valence-electron chi connectivity index (χ4n) is 2.12. The summed E-state index contributed by atoms with van der Waals surface area (Å²) in [5.74, 6) is 1.63. The van der Waals surface area contributed by atoms with Crippen molar-refractivity contribution in [1.82, 2.24) is 10.6 Å². The quantitative estimate of drug-likeness (QED) is 0.386. The van der Waals surface area contributed by atoms with Crippen molar-refractivity contribution in [2.45, 2.75) is 20.0 Å². The average molecular weight is 460 g/mol. The van der Waals surface area contributed by atoms with Gasteiger partial charge in [0.05, 0.1) is 13.7 Å². The summed E-state index contributed by atoms with van der Waals surface area (Å²) >= 11 is 6.00. The van der Waals surface area contributed by atoms with E-state index in [0.29, 0.717) is 13.1 Å². The zero-order chi connectivity index (χ0) is 16.5. The van der Waals surface area contributed by atoms with Crippen LogP contribution < -0.4 is 15.4 Å². The minimum absolute atomic E-state index is 0. The Labute approximate surface area is 165 Å². The number of aliphatic imine (C=N–C) groups is 1. The first kappa shape index (κ1) is 20.6. The zero-order valence-corrected chi connectivity index (χ0v) is 17.0. The van der Waals surface area contributed by atoms with Gasteiger partial charge < -0.3 is 15.4 Å². The van der Waals surface area contributed by atoms with E-state index in [1.165, 1.54) is 0 Å². The first-order chi connectivity index (χ1) is 11.2. The molecule has 0 saturated carbocycles. The van der Waals surface area contributed by atoms with Gasteiger partial charge in [-0.3, -0.25) is 0 Å². The molecule has 4 nitrogen and oxygen atoms in total. The molecule has 2 aromatic carbocycles. The summed E-state index contributed by atoms with van der Waals surface area (Å²) < 4.78 is 5.24. The summed E-state index contributed by atoms with van der Waals surface area (Å²) in [7, 11) is 1.67. The van der Waals surface area contributed by atoms with Gasteiger partial charge in [0.2, 0.25) is 0 Å². The molecule has 0 heterocycles. The fraction of sp³-hybridized carbons (Fsp3) is 0.278. The van der Waals surface area contributed by atoms with E-state index in [9.17, 15) is 0 Å². The standard InChI is InChI=1S/C18H22ClN3O.HI/c1-3-20-18(21-12-14-6-4-8-16(19)10-14)22-13-15-7-5-9-17(11-15)23-2;/h4-11H,3,12-13H2,1-2H3,(H2,20,21,22);1H. The first-order valence-corrected chi connectivity index (χ1v) is 7.98. The molecule has 0 radical (unpaired) electrons. The van der Waals surface area contributed by atoms with Crippen molar-refractivity contribution in [3.05, 3.63) is 64.7 Å². The molecular weight excluding hydrogens is 437 g/mol. The van der Waals surface area contributed by atoms with Crippen LogP contribution in [0.4, 0.5) is 0 Å². The minimum atomic E-state index is 0. The third-order valence-corrected chi connectivity index (χ3v) is 3.48. The van der Waals surface area contributed by atoms with Crippen LogP contribution in [0.5, 0.6) is 5.75 Å². The Kier molecular flexibility index (Phi) is 9.56. The van der Waals surface area contributed by atoms with Crippen molar-refractivity contribution in [1.29, 1.82) is 0 Å². The van der Waals surface area contributed by atoms with E-state index in [-0.39, 0.29) is 24.0 Å². The van der Waals surface area contributed by atoms with Gasteiger partial charge in [-0.15, -0.1) is 24.0 Å². The Morgan fingerprint density at radius 1 is 1.08 bits per heavy atom. The lowest BCUT2D eigenvalue weighted by Gasteiger charge is -2.12. The molecule has 130 valence electrons. The molecule has 0 fully saturated rings. The Bertz CT molecular complexity index is 664. The number of nitrogens with zero attached hydrogens (tertiary/aromatic N) is 1. The van der Waals surface area contributed by atoms with Crippen LogP contribution in [0.3, 0.4) is 0 Å². The predicted molar refractivity (Wildman–Crippen MR) is 112 cm³/mol. The Hall–Kier alpha value is -1.47. The molecule has 2 rings (SSSR count). The number of guanidine groups is 1. The molecule has 0 aliphatic rings. The van der Waals surface area contributed by atoms with Gasteiger partial charge in [0.15, 0.2) is 5.96 Å². The topological polar surface area (TPSA) is 45.7 Å². The molecule has 0 aliphatic carbocycles. The van der Waals surface area contributed by atoms with E-state index < -0.39 is 0 Å². The van der Waals surface area contributed by atoms with Crippen LogP contribution in [-0.2, 0) is 13.1 Å². The second-order valence-electron chi connectivity index (χ2n) is 5.03. The second-order valence-corrected chi connectivity index (χ2v) is 5.47. The Morgan fingerprint density at radius 3 is 2.54 bits per heavy atom. The van der Waals surface area contributed by atoms with Crippen LogP contribution in [-0.4, -0.2) is 19.6 Å². The molecule has 0 bridgehead atoms. The highest BCUT2D eigenvalue weighted by atomic mass is 127. The third kappa shape index (κ3) is 6.97. The highest BCUT2D eigenvalue weighted by Gasteiger charge is 2.00. The number of ether oxygens (including phenoxy) is 1. The summed E-state index contributed by atoms with van der Waals surface area (Å²) in [6, 6.07) is 15.7. The molecule has 2 N–H and O–H groups in total. The number of methoxy groups -OCH3 is 1. The van der Waals surface area contributed by atoms with E-state index >= 15 is 0 Å². The number of hydrogen-bond acceptors (Lipinski definition) is 2. The van der Waals surface area contributed by atoms with Gasteiger partial charge >= 0.3 is 0 Å². The number of benzene rings is 2. The lowest BCUT2D eigenvalue weighted by Crippen LogP contribution is -2.36. The largest absolute Gasteiger partial charge is 0.497 e. The van der Waals surface area contributed by atoms with Crippen LogP contribution in [0.25, 0.3) is 0 Å². The van der Waals surface area contributed by atoms with E-state index in [1.54, 1.807) is 7.11 Å². The molecule has 6 heteroatoms. The molecule has 0 atom stereocenters. The minimum Gasteiger partial charge on any atom is -0.497 e. The summed E-state index contributed by atoms with van der Waals surface area (Å²) in [5.41, 5.74) is 2.22. The van der Waals surface area contributed by atoms with Gasteiger partial charge in [0, 0.05) is 18.1 Å². The molecule has 2 aromatic rings. The van der Waals surface area contributed by atoms with Gasteiger partial charge in [-0.05, 0) is 42.3 Å². The van der Waals surface area contributed by atoms with Crippen molar-refractivity contribution in [3.63, 3.8) is 0 Å². The van der Waals surface area contributed by atoms with Crippen molar-refractivity contribution < 1.29 is 4.74 Å². The van der Waals surface area contributed by atoms with E-state index in [1.807, 2.05) is 49.4 Å². The summed E-state index contributed by atoms with van der Waals surface area (Å²) in [4.78, 5) is 4.59. The predicted octanol–water partition coefficient (Wildman–Crippen LogP) is 4.22. The summed E-state index contributed by atoms with van der Waals surface area (Å²) in [6.07, 6.45) is 0. The maximum atomic E-state index is 6.00. The highest BCUT2D eigenvalue weighted by Crippen LogP contribution is 2.13. The van der Waals surface area contributed by atoms with Crippen molar-refractivity contribution >= 4 is 41.5 Å². The van der Waals surface area contributed by atoms with E-state index in [4.69, 9.17) is 16.3 Å². The normalized spacial score (nSPS) is 10.7. The average Bonchev–Trinajstić information content (AvgIpc) is 2.57. The lowest BCUT2D eigenvalue weighted by molar-refractivity contribution is 0.414. The van der Waals surface area contributed by atoms with Crippen LogP contribution in [0.15, 0.2) is 53.5 Å². The molecule has 0 aliphatic heterocycles. The molecule has 0 amide bonds. The Morgan fingerprint density at radius 2 is 1.83 bits per heavy atom. The molecule has 0 unspecified atom stereocenters. The van der Waals surface area contributed by atoms with Crippen molar-refractivity contribution in [2.24, 2.45) is 4.99 Å².